The molecule has 0 radical (unpaired) electrons. The van der Waals surface area contributed by atoms with Crippen LogP contribution in [-0.4, -0.2) is 0 Å². The molecule has 2 aliphatic rings. The fourth-order valence-electron chi connectivity index (χ4n) is 6.16. The second-order valence-electron chi connectivity index (χ2n) is 9.12. The van der Waals surface area contributed by atoms with E-state index in [1.807, 2.05) is 6.07 Å². The Kier molecular flexibility index (Phi) is 4.01. The van der Waals surface area contributed by atoms with Gasteiger partial charge in [-0.1, -0.05) is 90.5 Å². The first kappa shape index (κ1) is 20.1. The quantitative estimate of drug-likeness (QED) is 0.182. The van der Waals surface area contributed by atoms with Gasteiger partial charge in [-0.05, 0) is 56.4 Å². The van der Waals surface area contributed by atoms with E-state index in [4.69, 9.17) is 16.3 Å². The molecule has 0 unspecified atom stereocenters. The monoisotopic (exact) mass is 550 g/mol. The molecule has 35 heavy (non-hydrogen) atoms. The summed E-state index contributed by atoms with van der Waals surface area (Å²) in [6.07, 6.45) is 0. The lowest BCUT2D eigenvalue weighted by molar-refractivity contribution is 0.439. The van der Waals surface area contributed by atoms with Gasteiger partial charge in [-0.25, -0.2) is 0 Å². The van der Waals surface area contributed by atoms with E-state index in [9.17, 15) is 0 Å². The van der Waals surface area contributed by atoms with Gasteiger partial charge in [-0.15, -0.1) is 11.3 Å². The van der Waals surface area contributed by atoms with Gasteiger partial charge in [0.15, 0.2) is 0 Å². The number of rotatable bonds is 0. The van der Waals surface area contributed by atoms with Crippen LogP contribution in [0, 0.1) is 0 Å². The molecule has 2 heterocycles. The second kappa shape index (κ2) is 6.98. The highest BCUT2D eigenvalue weighted by molar-refractivity contribution is 9.10. The molecule has 0 atom stereocenters. The van der Waals surface area contributed by atoms with Gasteiger partial charge >= 0.3 is 0 Å². The molecule has 0 bridgehead atoms. The summed E-state index contributed by atoms with van der Waals surface area (Å²) >= 11 is 11.9. The van der Waals surface area contributed by atoms with E-state index < -0.39 is 5.41 Å². The zero-order valence-corrected chi connectivity index (χ0v) is 21.5. The first-order valence-corrected chi connectivity index (χ1v) is 13.5. The van der Waals surface area contributed by atoms with Crippen molar-refractivity contribution < 1.29 is 4.74 Å². The third kappa shape index (κ3) is 2.44. The van der Waals surface area contributed by atoms with Gasteiger partial charge in [0.25, 0.3) is 0 Å². The molecular formula is C31H16BrClOS. The fraction of sp³-hybridized carbons (Fsp3) is 0.0323. The third-order valence-electron chi connectivity index (χ3n) is 7.49. The Morgan fingerprint density at radius 1 is 0.657 bits per heavy atom. The molecule has 1 aromatic heterocycles. The minimum absolute atomic E-state index is 0.456. The van der Waals surface area contributed by atoms with Crippen LogP contribution in [0.1, 0.15) is 22.3 Å². The normalized spacial score (nSPS) is 14.5. The van der Waals surface area contributed by atoms with Crippen molar-refractivity contribution in [2.45, 2.75) is 5.41 Å². The first-order valence-electron chi connectivity index (χ1n) is 11.5. The van der Waals surface area contributed by atoms with Crippen molar-refractivity contribution in [3.8, 4) is 22.6 Å². The SMILES string of the molecule is Clc1ccc2c(c1)sc1c3c(ccc12)C1(c2ccccc2-c2ccccc21)c1cccc(Br)c1O3. The van der Waals surface area contributed by atoms with Crippen LogP contribution < -0.4 is 4.74 Å². The number of ether oxygens (including phenoxy) is 1. The van der Waals surface area contributed by atoms with Crippen molar-refractivity contribution in [2.75, 3.05) is 0 Å². The zero-order chi connectivity index (χ0) is 23.3. The van der Waals surface area contributed by atoms with Crippen LogP contribution in [0.3, 0.4) is 0 Å². The van der Waals surface area contributed by atoms with Crippen LogP contribution in [0.5, 0.6) is 11.5 Å². The summed E-state index contributed by atoms with van der Waals surface area (Å²) in [5, 5.41) is 3.16. The Labute approximate surface area is 219 Å². The highest BCUT2D eigenvalue weighted by Crippen LogP contribution is 2.64. The lowest BCUT2D eigenvalue weighted by Gasteiger charge is -2.39. The molecule has 8 rings (SSSR count). The Morgan fingerprint density at radius 3 is 2.09 bits per heavy atom. The van der Waals surface area contributed by atoms with Gasteiger partial charge < -0.3 is 4.74 Å². The number of para-hydroxylation sites is 1. The van der Waals surface area contributed by atoms with Gasteiger partial charge in [-0.3, -0.25) is 0 Å². The van der Waals surface area contributed by atoms with Crippen molar-refractivity contribution in [1.82, 2.24) is 0 Å². The molecule has 0 amide bonds. The summed E-state index contributed by atoms with van der Waals surface area (Å²) in [4.78, 5) is 0. The lowest BCUT2D eigenvalue weighted by Crippen LogP contribution is -2.32. The number of thiophene rings is 1. The molecule has 0 saturated carbocycles. The van der Waals surface area contributed by atoms with Crippen molar-refractivity contribution in [3.05, 3.63) is 129 Å². The lowest BCUT2D eigenvalue weighted by atomic mass is 9.66. The summed E-state index contributed by atoms with van der Waals surface area (Å²) in [5.74, 6) is 1.82. The van der Waals surface area contributed by atoms with Gasteiger partial charge in [0.1, 0.15) is 11.5 Å². The molecule has 4 heteroatoms. The van der Waals surface area contributed by atoms with E-state index in [0.717, 1.165) is 25.7 Å². The summed E-state index contributed by atoms with van der Waals surface area (Å²) < 4.78 is 10.1. The highest BCUT2D eigenvalue weighted by atomic mass is 79.9. The maximum atomic E-state index is 6.83. The highest BCUT2D eigenvalue weighted by Gasteiger charge is 2.51. The molecule has 1 aliphatic heterocycles. The molecule has 166 valence electrons. The minimum atomic E-state index is -0.456. The van der Waals surface area contributed by atoms with Crippen molar-refractivity contribution in [1.29, 1.82) is 0 Å². The molecular weight excluding hydrogens is 536 g/mol. The first-order chi connectivity index (χ1) is 17.2. The summed E-state index contributed by atoms with van der Waals surface area (Å²) in [5.41, 5.74) is 7.06. The molecule has 1 nitrogen and oxygen atoms in total. The minimum Gasteiger partial charge on any atom is -0.454 e. The zero-order valence-electron chi connectivity index (χ0n) is 18.3. The molecule has 1 spiro atoms. The average molecular weight is 552 g/mol. The molecule has 6 aromatic rings. The van der Waals surface area contributed by atoms with Crippen LogP contribution >= 0.6 is 38.9 Å². The standard InChI is InChI=1S/C31H16BrClOS/c32-26-11-5-10-24-28(26)34-29-25(15-14-21-20-13-12-17(33)16-27(20)35-30(21)29)31(24)22-8-3-1-6-18(22)19-7-2-4-9-23(19)31/h1-16H. The summed E-state index contributed by atoms with van der Waals surface area (Å²) in [6.45, 7) is 0. The number of benzene rings is 5. The predicted molar refractivity (Wildman–Crippen MR) is 149 cm³/mol. The van der Waals surface area contributed by atoms with Crippen LogP contribution in [-0.2, 0) is 5.41 Å². The van der Waals surface area contributed by atoms with E-state index in [1.54, 1.807) is 11.3 Å². The topological polar surface area (TPSA) is 9.23 Å². The predicted octanol–water partition coefficient (Wildman–Crippen LogP) is 9.94. The van der Waals surface area contributed by atoms with E-state index in [2.05, 4.69) is 107 Å². The Bertz CT molecular complexity index is 1820. The van der Waals surface area contributed by atoms with Gasteiger partial charge in [0, 0.05) is 31.6 Å². The summed E-state index contributed by atoms with van der Waals surface area (Å²) in [6, 6.07) is 34.7. The van der Waals surface area contributed by atoms with Crippen LogP contribution in [0.4, 0.5) is 0 Å². The van der Waals surface area contributed by atoms with E-state index >= 15 is 0 Å². The fourth-order valence-corrected chi connectivity index (χ4v) is 8.07. The van der Waals surface area contributed by atoms with Gasteiger partial charge in [0.2, 0.25) is 0 Å². The van der Waals surface area contributed by atoms with Gasteiger partial charge in [-0.2, -0.15) is 0 Å². The Morgan fingerprint density at radius 2 is 1.31 bits per heavy atom. The Hall–Kier alpha value is -3.11. The number of hydrogen-bond donors (Lipinski definition) is 0. The molecule has 0 N–H and O–H groups in total. The largest absolute Gasteiger partial charge is 0.454 e. The second-order valence-corrected chi connectivity index (χ2v) is 11.5. The van der Waals surface area contributed by atoms with Crippen molar-refractivity contribution in [2.24, 2.45) is 0 Å². The molecule has 0 saturated heterocycles. The van der Waals surface area contributed by atoms with E-state index in [-0.39, 0.29) is 0 Å². The van der Waals surface area contributed by atoms with Crippen molar-refractivity contribution >= 4 is 59.0 Å². The van der Waals surface area contributed by atoms with E-state index in [1.165, 1.54) is 48.9 Å². The Balaban J connectivity index is 1.59. The molecule has 1 aliphatic carbocycles. The molecule has 5 aromatic carbocycles. The van der Waals surface area contributed by atoms with Gasteiger partial charge in [0.05, 0.1) is 14.6 Å². The average Bonchev–Trinajstić information content (AvgIpc) is 3.39. The van der Waals surface area contributed by atoms with Crippen LogP contribution in [0.25, 0.3) is 31.3 Å². The number of fused-ring (bicyclic) bond motifs is 13. The molecule has 0 fully saturated rings. The van der Waals surface area contributed by atoms with Crippen LogP contribution in [0.2, 0.25) is 5.02 Å². The van der Waals surface area contributed by atoms with E-state index in [0.29, 0.717) is 0 Å². The third-order valence-corrected chi connectivity index (χ3v) is 9.52. The van der Waals surface area contributed by atoms with Crippen LogP contribution in [0.15, 0.2) is 102 Å². The number of hydrogen-bond acceptors (Lipinski definition) is 2. The summed E-state index contributed by atoms with van der Waals surface area (Å²) in [7, 11) is 0. The maximum absolute atomic E-state index is 6.83. The van der Waals surface area contributed by atoms with Crippen molar-refractivity contribution in [3.63, 3.8) is 0 Å². The number of halogens is 2. The maximum Gasteiger partial charge on any atom is 0.150 e. The smallest absolute Gasteiger partial charge is 0.150 e.